The summed E-state index contributed by atoms with van der Waals surface area (Å²) >= 11 is 0. The highest BCUT2D eigenvalue weighted by atomic mass is 16.5. The Hall–Kier alpha value is -1.58. The van der Waals surface area contributed by atoms with Crippen LogP contribution in [0.3, 0.4) is 0 Å². The van der Waals surface area contributed by atoms with Gasteiger partial charge in [-0.3, -0.25) is 0 Å². The number of hydrogen-bond donors (Lipinski definition) is 2. The molecule has 2 rings (SSSR count). The van der Waals surface area contributed by atoms with Crippen molar-refractivity contribution < 1.29 is 4.74 Å². The minimum Gasteiger partial charge on any atom is -0.380 e. The fourth-order valence-corrected chi connectivity index (χ4v) is 1.82. The first-order valence-electron chi connectivity index (χ1n) is 5.78. The highest BCUT2D eigenvalue weighted by Crippen LogP contribution is 2.06. The monoisotopic (exact) mass is 230 g/mol. The molecule has 2 N–H and O–H groups in total. The molecule has 0 unspecified atom stereocenters. The lowest BCUT2D eigenvalue weighted by molar-refractivity contribution is 0.185. The van der Waals surface area contributed by atoms with Crippen molar-refractivity contribution in [2.45, 2.75) is 19.7 Å². The molecule has 0 aliphatic rings. The smallest absolute Gasteiger partial charge is 0.0713 e. The predicted octanol–water partition coefficient (Wildman–Crippen LogP) is 2.45. The Morgan fingerprint density at radius 3 is 2.76 bits per heavy atom. The molecule has 0 amide bonds. The lowest BCUT2D eigenvalue weighted by atomic mass is 10.1. The summed E-state index contributed by atoms with van der Waals surface area (Å²) in [5.74, 6) is 0. The molecule has 3 heteroatoms. The van der Waals surface area contributed by atoms with Crippen molar-refractivity contribution in [1.82, 2.24) is 10.3 Å². The Labute approximate surface area is 102 Å². The number of ether oxygens (including phenoxy) is 1. The van der Waals surface area contributed by atoms with Gasteiger partial charge in [0.25, 0.3) is 0 Å². The van der Waals surface area contributed by atoms with Crippen molar-refractivity contribution in [1.29, 1.82) is 0 Å². The molecule has 0 radical (unpaired) electrons. The minimum atomic E-state index is 0.671. The molecule has 3 nitrogen and oxygen atoms in total. The third-order valence-corrected chi connectivity index (χ3v) is 2.61. The Balaban J connectivity index is 1.84. The van der Waals surface area contributed by atoms with Crippen LogP contribution in [0.25, 0.3) is 0 Å². The molecule has 0 atom stereocenters. The van der Waals surface area contributed by atoms with Crippen LogP contribution in [0.15, 0.2) is 42.6 Å². The number of aromatic amines is 1. The van der Waals surface area contributed by atoms with Gasteiger partial charge in [-0.1, -0.05) is 24.3 Å². The number of aromatic nitrogens is 1. The van der Waals surface area contributed by atoms with Crippen molar-refractivity contribution in [2.75, 3.05) is 7.11 Å². The van der Waals surface area contributed by atoms with E-state index in [1.807, 2.05) is 12.3 Å². The van der Waals surface area contributed by atoms with E-state index in [1.165, 1.54) is 16.8 Å². The van der Waals surface area contributed by atoms with Gasteiger partial charge in [0.2, 0.25) is 0 Å². The van der Waals surface area contributed by atoms with Gasteiger partial charge >= 0.3 is 0 Å². The summed E-state index contributed by atoms with van der Waals surface area (Å²) in [7, 11) is 1.72. The molecule has 2 aromatic rings. The van der Waals surface area contributed by atoms with Crippen LogP contribution in [0.5, 0.6) is 0 Å². The van der Waals surface area contributed by atoms with E-state index in [4.69, 9.17) is 4.74 Å². The molecule has 1 heterocycles. The fraction of sp³-hybridized carbons (Fsp3) is 0.286. The van der Waals surface area contributed by atoms with Crippen molar-refractivity contribution in [3.63, 3.8) is 0 Å². The van der Waals surface area contributed by atoms with E-state index in [0.717, 1.165) is 13.1 Å². The van der Waals surface area contributed by atoms with Gasteiger partial charge in [-0.25, -0.2) is 0 Å². The molecular formula is C14H18N2O. The highest BCUT2D eigenvalue weighted by molar-refractivity contribution is 5.22. The second-order valence-electron chi connectivity index (χ2n) is 4.05. The Kier molecular flexibility index (Phi) is 4.36. The molecule has 17 heavy (non-hydrogen) atoms. The van der Waals surface area contributed by atoms with Crippen LogP contribution in [0.4, 0.5) is 0 Å². The Morgan fingerprint density at radius 1 is 1.12 bits per heavy atom. The average molecular weight is 230 g/mol. The average Bonchev–Trinajstić information content (AvgIpc) is 2.83. The number of hydrogen-bond acceptors (Lipinski definition) is 2. The van der Waals surface area contributed by atoms with Crippen LogP contribution < -0.4 is 5.32 Å². The largest absolute Gasteiger partial charge is 0.380 e. The van der Waals surface area contributed by atoms with Gasteiger partial charge in [0.15, 0.2) is 0 Å². The molecular weight excluding hydrogens is 212 g/mol. The van der Waals surface area contributed by atoms with Gasteiger partial charge in [-0.05, 0) is 23.3 Å². The van der Waals surface area contributed by atoms with E-state index in [-0.39, 0.29) is 0 Å². The minimum absolute atomic E-state index is 0.671. The molecule has 0 saturated carbocycles. The molecule has 0 fully saturated rings. The van der Waals surface area contributed by atoms with Crippen LogP contribution in [0.1, 0.15) is 16.8 Å². The maximum atomic E-state index is 5.12. The van der Waals surface area contributed by atoms with Crippen LogP contribution in [0, 0.1) is 0 Å². The van der Waals surface area contributed by atoms with Gasteiger partial charge in [-0.2, -0.15) is 0 Å². The summed E-state index contributed by atoms with van der Waals surface area (Å²) in [6, 6.07) is 12.5. The third-order valence-electron chi connectivity index (χ3n) is 2.61. The van der Waals surface area contributed by atoms with Gasteiger partial charge in [0.05, 0.1) is 6.61 Å². The van der Waals surface area contributed by atoms with E-state index in [9.17, 15) is 0 Å². The highest BCUT2D eigenvalue weighted by Gasteiger charge is 1.96. The zero-order valence-corrected chi connectivity index (χ0v) is 10.1. The van der Waals surface area contributed by atoms with E-state index in [1.54, 1.807) is 7.11 Å². The van der Waals surface area contributed by atoms with E-state index >= 15 is 0 Å². The molecule has 0 aliphatic heterocycles. The maximum Gasteiger partial charge on any atom is 0.0713 e. The molecule has 90 valence electrons. The summed E-state index contributed by atoms with van der Waals surface area (Å²) < 4.78 is 5.12. The molecule has 0 aliphatic carbocycles. The zero-order valence-electron chi connectivity index (χ0n) is 10.1. The molecule has 1 aromatic carbocycles. The van der Waals surface area contributed by atoms with E-state index in [0.29, 0.717) is 6.61 Å². The Morgan fingerprint density at radius 2 is 2.00 bits per heavy atom. The zero-order chi connectivity index (χ0) is 11.9. The SMILES string of the molecule is COCc1cccc(CNCc2ccc[nH]2)c1. The van der Waals surface area contributed by atoms with Gasteiger partial charge in [0.1, 0.15) is 0 Å². The predicted molar refractivity (Wildman–Crippen MR) is 68.5 cm³/mol. The Bertz CT molecular complexity index is 437. The van der Waals surface area contributed by atoms with Crippen LogP contribution in [-0.4, -0.2) is 12.1 Å². The summed E-state index contributed by atoms with van der Waals surface area (Å²) in [6.45, 7) is 2.41. The van der Waals surface area contributed by atoms with E-state index in [2.05, 4.69) is 40.6 Å². The third kappa shape index (κ3) is 3.73. The maximum absolute atomic E-state index is 5.12. The number of nitrogens with one attached hydrogen (secondary N) is 2. The molecule has 0 spiro atoms. The van der Waals surface area contributed by atoms with Crippen molar-refractivity contribution >= 4 is 0 Å². The van der Waals surface area contributed by atoms with Gasteiger partial charge < -0.3 is 15.0 Å². The van der Waals surface area contributed by atoms with E-state index < -0.39 is 0 Å². The quantitative estimate of drug-likeness (QED) is 0.799. The first-order valence-corrected chi connectivity index (χ1v) is 5.78. The topological polar surface area (TPSA) is 37.0 Å². The van der Waals surface area contributed by atoms with Crippen LogP contribution in [0.2, 0.25) is 0 Å². The lowest BCUT2D eigenvalue weighted by Gasteiger charge is -2.06. The second-order valence-corrected chi connectivity index (χ2v) is 4.05. The summed E-state index contributed by atoms with van der Waals surface area (Å²) in [6.07, 6.45) is 1.94. The van der Waals surface area contributed by atoms with Crippen molar-refractivity contribution in [2.24, 2.45) is 0 Å². The van der Waals surface area contributed by atoms with Crippen LogP contribution >= 0.6 is 0 Å². The normalized spacial score (nSPS) is 10.6. The van der Waals surface area contributed by atoms with Gasteiger partial charge in [0, 0.05) is 32.1 Å². The van der Waals surface area contributed by atoms with Crippen molar-refractivity contribution in [3.8, 4) is 0 Å². The van der Waals surface area contributed by atoms with Crippen LogP contribution in [-0.2, 0) is 24.4 Å². The first kappa shape index (κ1) is 11.9. The molecule has 0 saturated heterocycles. The lowest BCUT2D eigenvalue weighted by Crippen LogP contribution is -2.13. The molecule has 0 bridgehead atoms. The number of rotatable bonds is 6. The second kappa shape index (κ2) is 6.23. The fourth-order valence-electron chi connectivity index (χ4n) is 1.82. The summed E-state index contributed by atoms with van der Waals surface area (Å²) in [4.78, 5) is 3.17. The summed E-state index contributed by atoms with van der Waals surface area (Å²) in [5, 5.41) is 3.40. The standard InChI is InChI=1S/C14H18N2O/c1-17-11-13-5-2-4-12(8-13)9-15-10-14-6-3-7-16-14/h2-8,15-16H,9-11H2,1H3. The number of H-pyrrole nitrogens is 1. The van der Waals surface area contributed by atoms with Gasteiger partial charge in [-0.15, -0.1) is 0 Å². The van der Waals surface area contributed by atoms with Crippen molar-refractivity contribution in [3.05, 3.63) is 59.4 Å². The number of benzene rings is 1. The number of methoxy groups -OCH3 is 1. The first-order chi connectivity index (χ1) is 8.38. The molecule has 1 aromatic heterocycles. The summed E-state index contributed by atoms with van der Waals surface area (Å²) in [5.41, 5.74) is 3.70.